The van der Waals surface area contributed by atoms with Crippen molar-refractivity contribution in [1.82, 2.24) is 9.97 Å². The molecule has 0 amide bonds. The van der Waals surface area contributed by atoms with Gasteiger partial charge in [0.05, 0.1) is 6.04 Å². The summed E-state index contributed by atoms with van der Waals surface area (Å²) in [5.74, 6) is 1.57. The number of hydrogen-bond acceptors (Lipinski definition) is 5. The number of thiophene rings is 1. The minimum absolute atomic E-state index is 0.258. The molecule has 1 atom stereocenters. The molecule has 0 spiro atoms. The van der Waals surface area contributed by atoms with E-state index in [1.807, 2.05) is 36.4 Å². The van der Waals surface area contributed by atoms with E-state index in [1.54, 1.807) is 6.20 Å². The quantitative estimate of drug-likeness (QED) is 0.919. The molecule has 5 heteroatoms. The molecule has 2 heterocycles. The van der Waals surface area contributed by atoms with E-state index in [1.165, 1.54) is 9.75 Å². The highest BCUT2D eigenvalue weighted by atomic mass is 32.1. The SMILES string of the molecule is Cc1ccc(C(C)Nc2ccnc(N(C)C)n2)s1. The van der Waals surface area contributed by atoms with Gasteiger partial charge in [-0.25, -0.2) is 4.98 Å². The molecule has 18 heavy (non-hydrogen) atoms. The van der Waals surface area contributed by atoms with Gasteiger partial charge in [-0.3, -0.25) is 0 Å². The second-order valence-corrected chi connectivity index (χ2v) is 5.77. The van der Waals surface area contributed by atoms with Crippen molar-refractivity contribution in [3.63, 3.8) is 0 Å². The van der Waals surface area contributed by atoms with Crippen LogP contribution in [0.25, 0.3) is 0 Å². The zero-order chi connectivity index (χ0) is 13.1. The zero-order valence-corrected chi connectivity index (χ0v) is 12.0. The lowest BCUT2D eigenvalue weighted by Crippen LogP contribution is -2.14. The van der Waals surface area contributed by atoms with Gasteiger partial charge >= 0.3 is 0 Å². The van der Waals surface area contributed by atoms with Gasteiger partial charge in [0.1, 0.15) is 5.82 Å². The first-order chi connectivity index (χ1) is 8.56. The van der Waals surface area contributed by atoms with Crippen LogP contribution in [0.3, 0.4) is 0 Å². The molecule has 0 aliphatic rings. The van der Waals surface area contributed by atoms with Crippen molar-refractivity contribution in [2.75, 3.05) is 24.3 Å². The van der Waals surface area contributed by atoms with Crippen molar-refractivity contribution in [1.29, 1.82) is 0 Å². The lowest BCUT2D eigenvalue weighted by Gasteiger charge is -2.15. The lowest BCUT2D eigenvalue weighted by molar-refractivity contribution is 0.887. The van der Waals surface area contributed by atoms with Gasteiger partial charge in [-0.05, 0) is 32.0 Å². The largest absolute Gasteiger partial charge is 0.363 e. The molecule has 0 saturated carbocycles. The van der Waals surface area contributed by atoms with E-state index < -0.39 is 0 Å². The van der Waals surface area contributed by atoms with Crippen molar-refractivity contribution in [2.24, 2.45) is 0 Å². The van der Waals surface area contributed by atoms with Crippen LogP contribution in [0.1, 0.15) is 22.7 Å². The molecule has 1 unspecified atom stereocenters. The van der Waals surface area contributed by atoms with E-state index in [0.29, 0.717) is 0 Å². The Labute approximate surface area is 112 Å². The van der Waals surface area contributed by atoms with Crippen molar-refractivity contribution >= 4 is 23.1 Å². The van der Waals surface area contributed by atoms with Crippen LogP contribution in [0.15, 0.2) is 24.4 Å². The van der Waals surface area contributed by atoms with Gasteiger partial charge < -0.3 is 10.2 Å². The average Bonchev–Trinajstić information content (AvgIpc) is 2.76. The van der Waals surface area contributed by atoms with Crippen molar-refractivity contribution in [3.05, 3.63) is 34.2 Å². The molecule has 0 aliphatic heterocycles. The van der Waals surface area contributed by atoms with Gasteiger partial charge in [0.25, 0.3) is 0 Å². The van der Waals surface area contributed by atoms with Crippen LogP contribution in [-0.2, 0) is 0 Å². The zero-order valence-electron chi connectivity index (χ0n) is 11.1. The van der Waals surface area contributed by atoms with Gasteiger partial charge in [-0.1, -0.05) is 0 Å². The highest BCUT2D eigenvalue weighted by molar-refractivity contribution is 7.12. The van der Waals surface area contributed by atoms with E-state index in [0.717, 1.165) is 11.8 Å². The maximum absolute atomic E-state index is 4.45. The molecule has 96 valence electrons. The number of rotatable bonds is 4. The van der Waals surface area contributed by atoms with Crippen LogP contribution in [0.4, 0.5) is 11.8 Å². The van der Waals surface area contributed by atoms with Gasteiger partial charge in [0.15, 0.2) is 0 Å². The molecule has 0 radical (unpaired) electrons. The first-order valence-electron chi connectivity index (χ1n) is 5.89. The normalized spacial score (nSPS) is 12.2. The molecule has 0 bridgehead atoms. The van der Waals surface area contributed by atoms with Crippen molar-refractivity contribution in [2.45, 2.75) is 19.9 Å². The van der Waals surface area contributed by atoms with Crippen LogP contribution >= 0.6 is 11.3 Å². The maximum atomic E-state index is 4.45. The predicted octanol–water partition coefficient (Wildman–Crippen LogP) is 3.09. The molecule has 0 aliphatic carbocycles. The maximum Gasteiger partial charge on any atom is 0.226 e. The molecule has 4 nitrogen and oxygen atoms in total. The Morgan fingerprint density at radius 1 is 1.28 bits per heavy atom. The number of anilines is 2. The third kappa shape index (κ3) is 2.98. The molecule has 2 rings (SSSR count). The smallest absolute Gasteiger partial charge is 0.226 e. The Bertz CT molecular complexity index is 521. The third-order valence-electron chi connectivity index (χ3n) is 2.60. The van der Waals surface area contributed by atoms with E-state index in [9.17, 15) is 0 Å². The Morgan fingerprint density at radius 2 is 2.06 bits per heavy atom. The Kier molecular flexibility index (Phi) is 3.81. The van der Waals surface area contributed by atoms with E-state index in [4.69, 9.17) is 0 Å². The van der Waals surface area contributed by atoms with Crippen LogP contribution in [0, 0.1) is 6.92 Å². The molecule has 2 aromatic rings. The first-order valence-corrected chi connectivity index (χ1v) is 6.71. The Balaban J connectivity index is 2.11. The summed E-state index contributed by atoms with van der Waals surface area (Å²) >= 11 is 1.81. The Morgan fingerprint density at radius 3 is 2.67 bits per heavy atom. The van der Waals surface area contributed by atoms with Crippen molar-refractivity contribution in [3.8, 4) is 0 Å². The molecule has 0 saturated heterocycles. The summed E-state index contributed by atoms with van der Waals surface area (Å²) in [5.41, 5.74) is 0. The second-order valence-electron chi connectivity index (χ2n) is 4.45. The molecule has 2 aromatic heterocycles. The molecule has 1 N–H and O–H groups in total. The van der Waals surface area contributed by atoms with Crippen LogP contribution in [-0.4, -0.2) is 24.1 Å². The van der Waals surface area contributed by atoms with Gasteiger partial charge in [0.2, 0.25) is 5.95 Å². The monoisotopic (exact) mass is 262 g/mol. The van der Waals surface area contributed by atoms with Gasteiger partial charge in [0, 0.05) is 30.0 Å². The molecule has 0 aromatic carbocycles. The average molecular weight is 262 g/mol. The van der Waals surface area contributed by atoms with E-state index in [-0.39, 0.29) is 6.04 Å². The number of aromatic nitrogens is 2. The number of hydrogen-bond donors (Lipinski definition) is 1. The van der Waals surface area contributed by atoms with Crippen LogP contribution in [0.5, 0.6) is 0 Å². The standard InChI is InChI=1S/C13H18N4S/c1-9-5-6-11(18-9)10(2)15-12-7-8-14-13(16-12)17(3)4/h5-8,10H,1-4H3,(H,14,15,16). The van der Waals surface area contributed by atoms with Gasteiger partial charge in [-0.15, -0.1) is 11.3 Å². The summed E-state index contributed by atoms with van der Waals surface area (Å²) in [6, 6.07) is 6.45. The molecular weight excluding hydrogens is 244 g/mol. The minimum atomic E-state index is 0.258. The fourth-order valence-corrected chi connectivity index (χ4v) is 2.50. The predicted molar refractivity (Wildman–Crippen MR) is 77.5 cm³/mol. The highest BCUT2D eigenvalue weighted by Crippen LogP contribution is 2.25. The van der Waals surface area contributed by atoms with E-state index in [2.05, 4.69) is 41.3 Å². The van der Waals surface area contributed by atoms with Crippen LogP contribution < -0.4 is 10.2 Å². The molecule has 0 fully saturated rings. The number of nitrogens with one attached hydrogen (secondary N) is 1. The molecular formula is C13H18N4S. The number of aryl methyl sites for hydroxylation is 1. The first kappa shape index (κ1) is 12.8. The second kappa shape index (κ2) is 5.35. The van der Waals surface area contributed by atoms with E-state index >= 15 is 0 Å². The van der Waals surface area contributed by atoms with Gasteiger partial charge in [-0.2, -0.15) is 4.98 Å². The summed E-state index contributed by atoms with van der Waals surface area (Å²) in [6.07, 6.45) is 1.77. The number of nitrogens with zero attached hydrogens (tertiary/aromatic N) is 3. The summed E-state index contributed by atoms with van der Waals surface area (Å²) in [7, 11) is 3.87. The Hall–Kier alpha value is -1.62. The fraction of sp³-hybridized carbons (Fsp3) is 0.385. The highest BCUT2D eigenvalue weighted by Gasteiger charge is 2.09. The minimum Gasteiger partial charge on any atom is -0.363 e. The summed E-state index contributed by atoms with van der Waals surface area (Å²) in [4.78, 5) is 13.2. The van der Waals surface area contributed by atoms with Crippen molar-refractivity contribution < 1.29 is 0 Å². The summed E-state index contributed by atoms with van der Waals surface area (Å²) in [5, 5.41) is 3.40. The fourth-order valence-electron chi connectivity index (χ4n) is 1.62. The lowest BCUT2D eigenvalue weighted by atomic mass is 10.2. The summed E-state index contributed by atoms with van der Waals surface area (Å²) in [6.45, 7) is 4.26. The summed E-state index contributed by atoms with van der Waals surface area (Å²) < 4.78 is 0. The topological polar surface area (TPSA) is 41.1 Å². The third-order valence-corrected chi connectivity index (χ3v) is 3.78. The van der Waals surface area contributed by atoms with Crippen LogP contribution in [0.2, 0.25) is 0 Å².